The van der Waals surface area contributed by atoms with Gasteiger partial charge >= 0.3 is 0 Å². The van der Waals surface area contributed by atoms with Crippen LogP contribution in [0, 0.1) is 12.7 Å². The number of aryl methyl sites for hydroxylation is 1. The van der Waals surface area contributed by atoms with Crippen LogP contribution in [0.25, 0.3) is 0 Å². The lowest BCUT2D eigenvalue weighted by atomic mass is 10.1. The normalized spacial score (nSPS) is 14.4. The summed E-state index contributed by atoms with van der Waals surface area (Å²) >= 11 is 0. The van der Waals surface area contributed by atoms with Gasteiger partial charge in [-0.1, -0.05) is 29.5 Å². The topological polar surface area (TPSA) is 54.3 Å². The van der Waals surface area contributed by atoms with Gasteiger partial charge in [0.2, 0.25) is 0 Å². The Hall–Kier alpha value is -3.22. The third-order valence-corrected chi connectivity index (χ3v) is 5.11. The van der Waals surface area contributed by atoms with E-state index in [1.54, 1.807) is 27.9 Å². The number of hydrogen-bond acceptors (Lipinski definition) is 4. The van der Waals surface area contributed by atoms with Gasteiger partial charge in [0.15, 0.2) is 5.69 Å². The highest BCUT2D eigenvalue weighted by Crippen LogP contribution is 2.18. The Kier molecular flexibility index (Phi) is 5.06. The molecule has 0 saturated carbocycles. The number of piperazine rings is 1. The summed E-state index contributed by atoms with van der Waals surface area (Å²) in [6.45, 7) is 5.25. The molecule has 1 saturated heterocycles. The van der Waals surface area contributed by atoms with Crippen LogP contribution in [-0.4, -0.2) is 52.0 Å². The fourth-order valence-corrected chi connectivity index (χ4v) is 3.42. The molecule has 0 radical (unpaired) electrons. The van der Waals surface area contributed by atoms with Gasteiger partial charge in [-0.2, -0.15) is 0 Å². The van der Waals surface area contributed by atoms with E-state index in [1.807, 2.05) is 18.2 Å². The average Bonchev–Trinajstić information content (AvgIpc) is 3.18. The number of rotatable bonds is 4. The highest BCUT2D eigenvalue weighted by atomic mass is 19.1. The van der Waals surface area contributed by atoms with Crippen LogP contribution >= 0.6 is 0 Å². The quantitative estimate of drug-likeness (QED) is 0.700. The second kappa shape index (κ2) is 7.80. The molecule has 1 aromatic heterocycles. The number of aromatic nitrogens is 3. The molecule has 6 nitrogen and oxygen atoms in total. The van der Waals surface area contributed by atoms with Crippen molar-refractivity contribution in [1.82, 2.24) is 19.9 Å². The van der Waals surface area contributed by atoms with Crippen LogP contribution in [0.15, 0.2) is 54.7 Å². The van der Waals surface area contributed by atoms with Gasteiger partial charge in [0.05, 0.1) is 12.7 Å². The maximum Gasteiger partial charge on any atom is 0.276 e. The third-order valence-electron chi connectivity index (χ3n) is 5.11. The van der Waals surface area contributed by atoms with E-state index in [1.165, 1.54) is 17.7 Å². The number of anilines is 1. The van der Waals surface area contributed by atoms with E-state index in [4.69, 9.17) is 0 Å². The first-order valence-corrected chi connectivity index (χ1v) is 9.34. The molecule has 0 aliphatic carbocycles. The van der Waals surface area contributed by atoms with Crippen molar-refractivity contribution in [2.45, 2.75) is 13.5 Å². The van der Waals surface area contributed by atoms with Crippen LogP contribution in [0.1, 0.15) is 21.6 Å². The van der Waals surface area contributed by atoms with Crippen molar-refractivity contribution in [3.8, 4) is 0 Å². The Labute approximate surface area is 163 Å². The largest absolute Gasteiger partial charge is 0.368 e. The molecule has 28 heavy (non-hydrogen) atoms. The zero-order chi connectivity index (χ0) is 19.5. The predicted octanol–water partition coefficient (Wildman–Crippen LogP) is 2.74. The summed E-state index contributed by atoms with van der Waals surface area (Å²) in [6, 6.07) is 14.5. The fraction of sp³-hybridized carbons (Fsp3) is 0.286. The summed E-state index contributed by atoms with van der Waals surface area (Å²) in [4.78, 5) is 16.7. The van der Waals surface area contributed by atoms with E-state index in [0.29, 0.717) is 38.4 Å². The molecule has 0 N–H and O–H groups in total. The van der Waals surface area contributed by atoms with Gasteiger partial charge in [0.1, 0.15) is 5.82 Å². The zero-order valence-electron chi connectivity index (χ0n) is 15.8. The van der Waals surface area contributed by atoms with Crippen molar-refractivity contribution in [1.29, 1.82) is 0 Å². The Morgan fingerprint density at radius 3 is 2.46 bits per heavy atom. The molecule has 1 amide bonds. The summed E-state index contributed by atoms with van der Waals surface area (Å²) in [5.41, 5.74) is 3.67. The average molecular weight is 379 g/mol. The first kappa shape index (κ1) is 18.2. The number of halogens is 1. The van der Waals surface area contributed by atoms with Gasteiger partial charge in [-0.3, -0.25) is 4.79 Å². The van der Waals surface area contributed by atoms with Crippen LogP contribution in [0.2, 0.25) is 0 Å². The molecule has 1 aliphatic heterocycles. The lowest BCUT2D eigenvalue weighted by Gasteiger charge is -2.35. The van der Waals surface area contributed by atoms with E-state index in [0.717, 1.165) is 11.3 Å². The Bertz CT molecular complexity index is 961. The number of hydrogen-bond donors (Lipinski definition) is 0. The molecule has 3 aromatic rings. The van der Waals surface area contributed by atoms with Crippen LogP contribution in [0.3, 0.4) is 0 Å². The highest BCUT2D eigenvalue weighted by molar-refractivity contribution is 5.92. The molecule has 0 atom stereocenters. The van der Waals surface area contributed by atoms with Gasteiger partial charge in [0.25, 0.3) is 5.91 Å². The minimum absolute atomic E-state index is 0.102. The Balaban J connectivity index is 1.37. The molecule has 2 aromatic carbocycles. The molecular formula is C21H22FN5O. The number of nitrogens with zero attached hydrogens (tertiary/aromatic N) is 5. The summed E-state index contributed by atoms with van der Waals surface area (Å²) < 4.78 is 14.8. The third kappa shape index (κ3) is 3.88. The van der Waals surface area contributed by atoms with E-state index in [9.17, 15) is 9.18 Å². The molecule has 0 bridgehead atoms. The first-order chi connectivity index (χ1) is 13.6. The maximum absolute atomic E-state index is 13.1. The summed E-state index contributed by atoms with van der Waals surface area (Å²) in [7, 11) is 0. The van der Waals surface area contributed by atoms with Crippen molar-refractivity contribution in [2.24, 2.45) is 0 Å². The summed E-state index contributed by atoms with van der Waals surface area (Å²) in [5.74, 6) is -0.346. The van der Waals surface area contributed by atoms with Gasteiger partial charge in [-0.15, -0.1) is 5.10 Å². The zero-order valence-corrected chi connectivity index (χ0v) is 15.8. The molecule has 1 aliphatic rings. The van der Waals surface area contributed by atoms with Gasteiger partial charge in [-0.05, 0) is 42.3 Å². The van der Waals surface area contributed by atoms with Crippen molar-refractivity contribution in [3.05, 3.63) is 77.4 Å². The van der Waals surface area contributed by atoms with E-state index in [2.05, 4.69) is 28.2 Å². The van der Waals surface area contributed by atoms with Crippen molar-refractivity contribution < 1.29 is 9.18 Å². The fourth-order valence-electron chi connectivity index (χ4n) is 3.42. The Morgan fingerprint density at radius 1 is 1.04 bits per heavy atom. The van der Waals surface area contributed by atoms with Crippen molar-refractivity contribution in [3.63, 3.8) is 0 Å². The van der Waals surface area contributed by atoms with Crippen LogP contribution in [0.5, 0.6) is 0 Å². The van der Waals surface area contributed by atoms with Crippen molar-refractivity contribution in [2.75, 3.05) is 31.1 Å². The molecule has 0 unspecified atom stereocenters. The minimum Gasteiger partial charge on any atom is -0.368 e. The number of amides is 1. The molecule has 2 heterocycles. The molecule has 7 heteroatoms. The lowest BCUT2D eigenvalue weighted by molar-refractivity contribution is 0.0740. The molecular weight excluding hydrogens is 357 g/mol. The standard InChI is InChI=1S/C21H22FN5O/c1-16-4-2-3-5-17(16)14-27-15-20(23-24-27)21(28)26-12-10-25(11-13-26)19-8-6-18(22)7-9-19/h2-9,15H,10-14H2,1H3. The van der Waals surface area contributed by atoms with Gasteiger partial charge in [0, 0.05) is 31.9 Å². The molecule has 1 fully saturated rings. The van der Waals surface area contributed by atoms with Crippen molar-refractivity contribution >= 4 is 11.6 Å². The molecule has 0 spiro atoms. The van der Waals surface area contributed by atoms with Crippen LogP contribution in [0.4, 0.5) is 10.1 Å². The number of carbonyl (C=O) groups is 1. The van der Waals surface area contributed by atoms with E-state index >= 15 is 0 Å². The number of carbonyl (C=O) groups excluding carboxylic acids is 1. The first-order valence-electron chi connectivity index (χ1n) is 9.34. The Morgan fingerprint density at radius 2 is 1.75 bits per heavy atom. The van der Waals surface area contributed by atoms with E-state index < -0.39 is 0 Å². The monoisotopic (exact) mass is 379 g/mol. The smallest absolute Gasteiger partial charge is 0.276 e. The molecule has 144 valence electrons. The second-order valence-electron chi connectivity index (χ2n) is 6.98. The minimum atomic E-state index is -0.244. The highest BCUT2D eigenvalue weighted by Gasteiger charge is 2.24. The van der Waals surface area contributed by atoms with Crippen LogP contribution < -0.4 is 4.90 Å². The second-order valence-corrected chi connectivity index (χ2v) is 6.98. The van der Waals surface area contributed by atoms with Gasteiger partial charge in [-0.25, -0.2) is 9.07 Å². The maximum atomic E-state index is 13.1. The summed E-state index contributed by atoms with van der Waals surface area (Å²) in [5, 5.41) is 8.18. The molecule has 4 rings (SSSR count). The SMILES string of the molecule is Cc1ccccc1Cn1cc(C(=O)N2CCN(c3ccc(F)cc3)CC2)nn1. The number of benzene rings is 2. The van der Waals surface area contributed by atoms with Gasteiger partial charge < -0.3 is 9.80 Å². The predicted molar refractivity (Wildman–Crippen MR) is 105 cm³/mol. The van der Waals surface area contributed by atoms with Crippen LogP contribution in [-0.2, 0) is 6.54 Å². The van der Waals surface area contributed by atoms with E-state index in [-0.39, 0.29) is 11.7 Å². The summed E-state index contributed by atoms with van der Waals surface area (Å²) in [6.07, 6.45) is 1.71. The lowest BCUT2D eigenvalue weighted by Crippen LogP contribution is -2.48.